The van der Waals surface area contributed by atoms with Gasteiger partial charge >= 0.3 is 0 Å². The number of nitrogens with one attached hydrogen (secondary N) is 1. The summed E-state index contributed by atoms with van der Waals surface area (Å²) in [7, 11) is 0. The average Bonchev–Trinajstić information content (AvgIpc) is 2.79. The number of carbonyl (C=O) groups is 1. The molecule has 0 radical (unpaired) electrons. The molecule has 7 heteroatoms. The van der Waals surface area contributed by atoms with E-state index in [1.54, 1.807) is 0 Å². The summed E-state index contributed by atoms with van der Waals surface area (Å²) in [5.74, 6) is 1.33. The van der Waals surface area contributed by atoms with E-state index in [-0.39, 0.29) is 23.7 Å². The molecule has 0 aliphatic carbocycles. The Kier molecular flexibility index (Phi) is 5.40. The first kappa shape index (κ1) is 20.4. The predicted octanol–water partition coefficient (Wildman–Crippen LogP) is 2.72. The number of piperidine rings is 1. The van der Waals surface area contributed by atoms with Crippen LogP contribution in [0, 0.1) is 0 Å². The van der Waals surface area contributed by atoms with Crippen molar-refractivity contribution < 1.29 is 14.6 Å². The number of carbonyl (C=O) groups excluding carboxylic acids is 1. The largest absolute Gasteiger partial charge is 0.393 e. The van der Waals surface area contributed by atoms with E-state index in [2.05, 4.69) is 22.1 Å². The molecule has 7 nitrogen and oxygen atoms in total. The Balaban J connectivity index is 1.45. The molecular weight excluding hydrogens is 392 g/mol. The Hall–Kier alpha value is -2.51. The molecule has 0 saturated carbocycles. The fourth-order valence-corrected chi connectivity index (χ4v) is 5.22. The van der Waals surface area contributed by atoms with E-state index in [4.69, 9.17) is 9.72 Å². The van der Waals surface area contributed by atoms with Gasteiger partial charge in [0.1, 0.15) is 11.5 Å². The van der Waals surface area contributed by atoms with Gasteiger partial charge < -0.3 is 20.1 Å². The number of aliphatic hydroxyl groups is 1. The van der Waals surface area contributed by atoms with Crippen molar-refractivity contribution in [2.24, 2.45) is 0 Å². The lowest BCUT2D eigenvalue weighted by molar-refractivity contribution is -0.171. The maximum atomic E-state index is 12.6. The Morgan fingerprint density at radius 2 is 2.00 bits per heavy atom. The van der Waals surface area contributed by atoms with Crippen LogP contribution in [-0.2, 0) is 11.2 Å². The quantitative estimate of drug-likeness (QED) is 0.791. The Labute approximate surface area is 182 Å². The van der Waals surface area contributed by atoms with Crippen LogP contribution in [-0.4, -0.2) is 58.4 Å². The van der Waals surface area contributed by atoms with Gasteiger partial charge in [0.05, 0.1) is 17.8 Å². The number of aliphatic hydroxyl groups excluding tert-OH is 1. The van der Waals surface area contributed by atoms with Crippen LogP contribution in [0.4, 0.5) is 5.82 Å². The normalized spacial score (nSPS) is 25.2. The lowest BCUT2D eigenvalue weighted by atomic mass is 9.81. The topological polar surface area (TPSA) is 87.6 Å². The summed E-state index contributed by atoms with van der Waals surface area (Å²) in [5.41, 5.74) is 2.09. The number of nitrogens with zero attached hydrogens (tertiary/aromatic N) is 3. The van der Waals surface area contributed by atoms with Crippen molar-refractivity contribution in [3.05, 3.63) is 41.6 Å². The first-order valence-corrected chi connectivity index (χ1v) is 11.4. The molecule has 0 unspecified atom stereocenters. The van der Waals surface area contributed by atoms with Gasteiger partial charge in [-0.3, -0.25) is 4.79 Å². The highest BCUT2D eigenvalue weighted by Crippen LogP contribution is 2.40. The number of aromatic nitrogens is 2. The molecule has 31 heavy (non-hydrogen) atoms. The predicted molar refractivity (Wildman–Crippen MR) is 118 cm³/mol. The van der Waals surface area contributed by atoms with E-state index in [1.807, 2.05) is 30.3 Å². The highest BCUT2D eigenvalue weighted by Gasteiger charge is 2.43. The molecule has 1 aromatic carbocycles. The van der Waals surface area contributed by atoms with Gasteiger partial charge in [0, 0.05) is 37.2 Å². The summed E-state index contributed by atoms with van der Waals surface area (Å²) in [6.45, 7) is 4.32. The Morgan fingerprint density at radius 1 is 1.23 bits per heavy atom. The van der Waals surface area contributed by atoms with Crippen LogP contribution in [0.3, 0.4) is 0 Å². The van der Waals surface area contributed by atoms with Crippen molar-refractivity contribution >= 4 is 11.7 Å². The van der Waals surface area contributed by atoms with Crippen LogP contribution >= 0.6 is 0 Å². The van der Waals surface area contributed by atoms with Gasteiger partial charge in [-0.1, -0.05) is 37.3 Å². The molecule has 164 valence electrons. The number of rotatable bonds is 3. The SMILES string of the molecule is CC[C@H]1C[C@@H](O)CC2(CCN(c3nc(-c4ccccc4)nc4c3CCNC4=O)CC2)O1. The monoisotopic (exact) mass is 422 g/mol. The summed E-state index contributed by atoms with van der Waals surface area (Å²) in [5, 5.41) is 13.3. The van der Waals surface area contributed by atoms with E-state index < -0.39 is 0 Å². The van der Waals surface area contributed by atoms with E-state index in [0.29, 0.717) is 24.5 Å². The number of hydrogen-bond donors (Lipinski definition) is 2. The van der Waals surface area contributed by atoms with Crippen LogP contribution in [0.15, 0.2) is 30.3 Å². The molecule has 2 saturated heterocycles. The molecule has 3 aliphatic heterocycles. The molecule has 4 heterocycles. The zero-order valence-electron chi connectivity index (χ0n) is 18.0. The second-order valence-corrected chi connectivity index (χ2v) is 8.98. The number of ether oxygens (including phenoxy) is 1. The molecule has 2 fully saturated rings. The van der Waals surface area contributed by atoms with Crippen molar-refractivity contribution in [1.29, 1.82) is 0 Å². The molecule has 3 aliphatic rings. The zero-order valence-corrected chi connectivity index (χ0v) is 18.0. The van der Waals surface area contributed by atoms with Gasteiger partial charge in [0.25, 0.3) is 5.91 Å². The maximum Gasteiger partial charge on any atom is 0.270 e. The van der Waals surface area contributed by atoms with Crippen LogP contribution in [0.25, 0.3) is 11.4 Å². The number of benzene rings is 1. The van der Waals surface area contributed by atoms with Crippen LogP contribution < -0.4 is 10.2 Å². The molecule has 0 bridgehead atoms. The van der Waals surface area contributed by atoms with E-state index in [1.165, 1.54) is 0 Å². The minimum Gasteiger partial charge on any atom is -0.393 e. The summed E-state index contributed by atoms with van der Waals surface area (Å²) < 4.78 is 6.46. The van der Waals surface area contributed by atoms with Crippen molar-refractivity contribution in [2.45, 2.75) is 63.3 Å². The number of anilines is 1. The third kappa shape index (κ3) is 3.92. The van der Waals surface area contributed by atoms with Gasteiger partial charge in [-0.05, 0) is 32.1 Å². The van der Waals surface area contributed by atoms with Crippen molar-refractivity contribution in [3.8, 4) is 11.4 Å². The molecular formula is C24H30N4O3. The molecule has 2 N–H and O–H groups in total. The summed E-state index contributed by atoms with van der Waals surface area (Å²) in [6, 6.07) is 9.82. The second-order valence-electron chi connectivity index (χ2n) is 8.98. The van der Waals surface area contributed by atoms with Gasteiger partial charge in [-0.15, -0.1) is 0 Å². The molecule has 5 rings (SSSR count). The van der Waals surface area contributed by atoms with E-state index in [9.17, 15) is 9.90 Å². The third-order valence-electron chi connectivity index (χ3n) is 6.88. The Morgan fingerprint density at radius 3 is 2.74 bits per heavy atom. The fraction of sp³-hybridized carbons (Fsp3) is 0.542. The third-order valence-corrected chi connectivity index (χ3v) is 6.88. The highest BCUT2D eigenvalue weighted by atomic mass is 16.5. The van der Waals surface area contributed by atoms with Crippen LogP contribution in [0.2, 0.25) is 0 Å². The summed E-state index contributed by atoms with van der Waals surface area (Å²) >= 11 is 0. The molecule has 1 amide bonds. The fourth-order valence-electron chi connectivity index (χ4n) is 5.22. The van der Waals surface area contributed by atoms with Crippen molar-refractivity contribution in [2.75, 3.05) is 24.5 Å². The van der Waals surface area contributed by atoms with Gasteiger partial charge in [0.15, 0.2) is 5.82 Å². The molecule has 1 aromatic heterocycles. The number of fused-ring (bicyclic) bond motifs is 1. The molecule has 2 aromatic rings. The maximum absolute atomic E-state index is 12.6. The Bertz CT molecular complexity index is 957. The van der Waals surface area contributed by atoms with Gasteiger partial charge in [-0.25, -0.2) is 9.97 Å². The average molecular weight is 423 g/mol. The number of hydrogen-bond acceptors (Lipinski definition) is 6. The zero-order chi connectivity index (χ0) is 21.4. The molecule has 1 spiro atoms. The molecule has 2 atom stereocenters. The lowest BCUT2D eigenvalue weighted by Gasteiger charge is -2.48. The van der Waals surface area contributed by atoms with Crippen LogP contribution in [0.5, 0.6) is 0 Å². The van der Waals surface area contributed by atoms with E-state index in [0.717, 1.165) is 62.1 Å². The first-order chi connectivity index (χ1) is 15.1. The van der Waals surface area contributed by atoms with E-state index >= 15 is 0 Å². The van der Waals surface area contributed by atoms with Gasteiger partial charge in [0.2, 0.25) is 0 Å². The van der Waals surface area contributed by atoms with Crippen LogP contribution in [0.1, 0.15) is 55.1 Å². The standard InChI is InChI=1S/C24H30N4O3/c1-2-18-14-17(29)15-24(31-18)9-12-28(13-10-24)22-19-8-11-25-23(30)20(19)26-21(27-22)16-6-4-3-5-7-16/h3-7,17-18,29H,2,8-15H2,1H3,(H,25,30)/t17-,18+/m1/s1. The minimum atomic E-state index is -0.287. The van der Waals surface area contributed by atoms with Crippen molar-refractivity contribution in [1.82, 2.24) is 15.3 Å². The lowest BCUT2D eigenvalue weighted by Crippen LogP contribution is -2.53. The highest BCUT2D eigenvalue weighted by molar-refractivity contribution is 5.96. The second kappa shape index (κ2) is 8.20. The smallest absolute Gasteiger partial charge is 0.270 e. The summed E-state index contributed by atoms with van der Waals surface area (Å²) in [6.07, 6.45) is 4.66. The summed E-state index contributed by atoms with van der Waals surface area (Å²) in [4.78, 5) is 24.4. The van der Waals surface area contributed by atoms with Crippen molar-refractivity contribution in [3.63, 3.8) is 0 Å². The minimum absolute atomic E-state index is 0.125. The van der Waals surface area contributed by atoms with Gasteiger partial charge in [-0.2, -0.15) is 0 Å². The number of amides is 1. The first-order valence-electron chi connectivity index (χ1n) is 11.4.